The molecule has 1 saturated heterocycles. The third-order valence-corrected chi connectivity index (χ3v) is 4.24. The van der Waals surface area contributed by atoms with Crippen molar-refractivity contribution in [2.45, 2.75) is 19.4 Å². The lowest BCUT2D eigenvalue weighted by Crippen LogP contribution is -2.41. The molecule has 2 aromatic rings. The highest BCUT2D eigenvalue weighted by Crippen LogP contribution is 2.23. The molecule has 124 valence electrons. The number of carbonyl (C=O) groups excluding carboxylic acids is 3. The minimum Gasteiger partial charge on any atom is -0.356 e. The van der Waals surface area contributed by atoms with E-state index < -0.39 is 11.9 Å². The fraction of sp³-hybridized carbons (Fsp3) is 0.235. The third kappa shape index (κ3) is 3.19. The zero-order valence-electron chi connectivity index (χ0n) is 13.0. The van der Waals surface area contributed by atoms with Gasteiger partial charge in [-0.25, -0.2) is 0 Å². The van der Waals surface area contributed by atoms with Crippen LogP contribution in [0.15, 0.2) is 36.5 Å². The van der Waals surface area contributed by atoms with Crippen molar-refractivity contribution < 1.29 is 14.4 Å². The Morgan fingerprint density at radius 2 is 2.00 bits per heavy atom. The van der Waals surface area contributed by atoms with Crippen molar-refractivity contribution in [2.24, 2.45) is 0 Å². The molecular formula is C17H16ClN3O3. The van der Waals surface area contributed by atoms with Crippen LogP contribution >= 0.6 is 11.6 Å². The number of carbonyl (C=O) groups is 3. The van der Waals surface area contributed by atoms with Gasteiger partial charge in [-0.3, -0.25) is 14.4 Å². The van der Waals surface area contributed by atoms with E-state index in [9.17, 15) is 14.4 Å². The smallest absolute Gasteiger partial charge is 0.268 e. The maximum atomic E-state index is 12.5. The predicted octanol–water partition coefficient (Wildman–Crippen LogP) is 2.41. The molecule has 2 amide bonds. The molecule has 1 aromatic carbocycles. The first-order valence-electron chi connectivity index (χ1n) is 7.53. The molecule has 0 saturated carbocycles. The number of hydrogen-bond donors (Lipinski definition) is 2. The van der Waals surface area contributed by atoms with Gasteiger partial charge in [-0.1, -0.05) is 11.6 Å². The van der Waals surface area contributed by atoms with Crippen molar-refractivity contribution in [1.82, 2.24) is 10.3 Å². The Bertz CT molecular complexity index is 798. The predicted molar refractivity (Wildman–Crippen MR) is 90.5 cm³/mol. The molecule has 1 atom stereocenters. The number of halogens is 1. The summed E-state index contributed by atoms with van der Waals surface area (Å²) in [5, 5.41) is 3.31. The molecule has 6 nitrogen and oxygen atoms in total. The molecular weight excluding hydrogens is 330 g/mol. The van der Waals surface area contributed by atoms with Gasteiger partial charge in [0.1, 0.15) is 11.7 Å². The second kappa shape index (κ2) is 6.49. The highest BCUT2D eigenvalue weighted by atomic mass is 35.5. The van der Waals surface area contributed by atoms with E-state index in [1.165, 1.54) is 19.2 Å². The number of rotatable bonds is 4. The summed E-state index contributed by atoms with van der Waals surface area (Å²) in [6, 6.07) is 7.88. The second-order valence-corrected chi connectivity index (χ2v) is 6.08. The van der Waals surface area contributed by atoms with Gasteiger partial charge in [0.25, 0.3) is 5.91 Å². The summed E-state index contributed by atoms with van der Waals surface area (Å²) in [6.45, 7) is 1.95. The Labute approximate surface area is 143 Å². The molecule has 1 fully saturated rings. The molecule has 2 heterocycles. The zero-order valence-corrected chi connectivity index (χ0v) is 13.8. The van der Waals surface area contributed by atoms with Gasteiger partial charge in [0.05, 0.1) is 0 Å². The third-order valence-electron chi connectivity index (χ3n) is 3.98. The Balaban J connectivity index is 1.67. The van der Waals surface area contributed by atoms with Crippen LogP contribution in [0.3, 0.4) is 0 Å². The summed E-state index contributed by atoms with van der Waals surface area (Å²) in [7, 11) is 0. The number of aromatic amines is 1. The molecule has 1 aromatic heterocycles. The summed E-state index contributed by atoms with van der Waals surface area (Å²) < 4.78 is 0. The van der Waals surface area contributed by atoms with Crippen molar-refractivity contribution >= 4 is 34.9 Å². The monoisotopic (exact) mass is 345 g/mol. The van der Waals surface area contributed by atoms with E-state index in [4.69, 9.17) is 11.6 Å². The summed E-state index contributed by atoms with van der Waals surface area (Å²) in [4.78, 5) is 40.4. The van der Waals surface area contributed by atoms with Crippen LogP contribution < -0.4 is 10.2 Å². The summed E-state index contributed by atoms with van der Waals surface area (Å²) >= 11 is 5.86. The summed E-state index contributed by atoms with van der Waals surface area (Å²) in [5.41, 5.74) is 1.44. The minimum atomic E-state index is -0.586. The van der Waals surface area contributed by atoms with E-state index in [-0.39, 0.29) is 17.4 Å². The first-order valence-corrected chi connectivity index (χ1v) is 7.90. The lowest BCUT2D eigenvalue weighted by Gasteiger charge is -2.17. The molecule has 7 heteroatoms. The maximum Gasteiger partial charge on any atom is 0.268 e. The first-order chi connectivity index (χ1) is 11.5. The van der Waals surface area contributed by atoms with E-state index in [2.05, 4.69) is 10.3 Å². The van der Waals surface area contributed by atoms with Gasteiger partial charge < -0.3 is 15.2 Å². The van der Waals surface area contributed by atoms with Crippen LogP contribution in [0, 0.1) is 0 Å². The van der Waals surface area contributed by atoms with E-state index in [0.717, 1.165) is 5.69 Å². The van der Waals surface area contributed by atoms with E-state index in [1.54, 1.807) is 29.2 Å². The van der Waals surface area contributed by atoms with Crippen molar-refractivity contribution in [1.29, 1.82) is 0 Å². The zero-order chi connectivity index (χ0) is 17.3. The van der Waals surface area contributed by atoms with Crippen LogP contribution in [-0.4, -0.2) is 35.2 Å². The molecule has 3 rings (SSSR count). The number of nitrogens with zero attached hydrogens (tertiary/aromatic N) is 1. The molecule has 0 radical (unpaired) electrons. The molecule has 0 spiro atoms. The van der Waals surface area contributed by atoms with Gasteiger partial charge in [0.2, 0.25) is 5.91 Å². The maximum absolute atomic E-state index is 12.5. The van der Waals surface area contributed by atoms with Gasteiger partial charge in [-0.2, -0.15) is 0 Å². The minimum absolute atomic E-state index is 0.129. The second-order valence-electron chi connectivity index (χ2n) is 5.64. The van der Waals surface area contributed by atoms with Crippen LogP contribution in [0.4, 0.5) is 5.69 Å². The number of aromatic nitrogens is 1. The van der Waals surface area contributed by atoms with Crippen LogP contribution in [0.25, 0.3) is 0 Å². The van der Waals surface area contributed by atoms with Gasteiger partial charge in [0, 0.05) is 29.0 Å². The number of amides is 2. The van der Waals surface area contributed by atoms with Gasteiger partial charge >= 0.3 is 0 Å². The quantitative estimate of drug-likeness (QED) is 0.835. The number of ketones is 1. The average molecular weight is 346 g/mol. The largest absolute Gasteiger partial charge is 0.356 e. The number of Topliss-reactive ketones (excluding diaryl/α,β-unsaturated/α-hetero) is 1. The van der Waals surface area contributed by atoms with Crippen LogP contribution in [0.5, 0.6) is 0 Å². The molecule has 1 aliphatic heterocycles. The van der Waals surface area contributed by atoms with Crippen molar-refractivity contribution in [3.05, 3.63) is 52.8 Å². The first kappa shape index (κ1) is 16.3. The van der Waals surface area contributed by atoms with Crippen LogP contribution in [-0.2, 0) is 4.79 Å². The topological polar surface area (TPSA) is 82.3 Å². The van der Waals surface area contributed by atoms with Gasteiger partial charge in [0.15, 0.2) is 5.78 Å². The SMILES string of the molecule is CC(=O)c1c[nH]c(C(=O)N[C@H]2CCN(c3ccc(Cl)cc3)C2=O)c1. The summed E-state index contributed by atoms with van der Waals surface area (Å²) in [6.07, 6.45) is 2.00. The number of hydrogen-bond acceptors (Lipinski definition) is 3. The van der Waals surface area contributed by atoms with Crippen molar-refractivity contribution in [2.75, 3.05) is 11.4 Å². The molecule has 2 N–H and O–H groups in total. The van der Waals surface area contributed by atoms with Crippen molar-refractivity contribution in [3.8, 4) is 0 Å². The Hall–Kier alpha value is -2.60. The van der Waals surface area contributed by atoms with Crippen LogP contribution in [0.1, 0.15) is 34.2 Å². The summed E-state index contributed by atoms with van der Waals surface area (Å²) in [5.74, 6) is -0.695. The number of benzene rings is 1. The number of nitrogens with one attached hydrogen (secondary N) is 2. The lowest BCUT2D eigenvalue weighted by atomic mass is 10.2. The normalized spacial score (nSPS) is 17.2. The van der Waals surface area contributed by atoms with E-state index in [1.807, 2.05) is 0 Å². The van der Waals surface area contributed by atoms with Gasteiger partial charge in [-0.05, 0) is 43.7 Å². The lowest BCUT2D eigenvalue weighted by molar-refractivity contribution is -0.118. The molecule has 0 bridgehead atoms. The average Bonchev–Trinajstić information content (AvgIpc) is 3.17. The fourth-order valence-corrected chi connectivity index (χ4v) is 2.78. The molecule has 0 unspecified atom stereocenters. The Morgan fingerprint density at radius 1 is 1.29 bits per heavy atom. The van der Waals surface area contributed by atoms with E-state index >= 15 is 0 Å². The van der Waals surface area contributed by atoms with E-state index in [0.29, 0.717) is 23.6 Å². The van der Waals surface area contributed by atoms with Crippen LogP contribution in [0.2, 0.25) is 5.02 Å². The highest BCUT2D eigenvalue weighted by molar-refractivity contribution is 6.30. The highest BCUT2D eigenvalue weighted by Gasteiger charge is 2.34. The molecule has 24 heavy (non-hydrogen) atoms. The Kier molecular flexibility index (Phi) is 4.40. The fourth-order valence-electron chi connectivity index (χ4n) is 2.66. The van der Waals surface area contributed by atoms with Crippen molar-refractivity contribution in [3.63, 3.8) is 0 Å². The molecule has 0 aliphatic carbocycles. The number of H-pyrrole nitrogens is 1. The Morgan fingerprint density at radius 3 is 2.62 bits per heavy atom. The van der Waals surface area contributed by atoms with Gasteiger partial charge in [-0.15, -0.1) is 0 Å². The number of anilines is 1. The molecule has 1 aliphatic rings. The standard InChI is InChI=1S/C17H16ClN3O3/c1-10(22)11-8-15(19-9-11)16(23)20-14-6-7-21(17(14)24)13-4-2-12(18)3-5-13/h2-5,8-9,14,19H,6-7H2,1H3,(H,20,23)/t14-/m0/s1.